The van der Waals surface area contributed by atoms with Gasteiger partial charge in [0, 0.05) is 0 Å². The molecule has 2 rings (SSSR count). The summed E-state index contributed by atoms with van der Waals surface area (Å²) in [6, 6.07) is 6.44. The number of nitrogens with one attached hydrogen (secondary N) is 1. The molecule has 2 N–H and O–H groups in total. The van der Waals surface area contributed by atoms with Crippen LogP contribution in [0.25, 0.3) is 10.9 Å². The maximum Gasteiger partial charge on any atom is 0.347 e. The predicted octanol–water partition coefficient (Wildman–Crippen LogP) is 0.307. The first-order valence-electron chi connectivity index (χ1n) is 4.06. The summed E-state index contributed by atoms with van der Waals surface area (Å²) >= 11 is 0. The van der Waals surface area contributed by atoms with E-state index in [0.717, 1.165) is 0 Å². The number of para-hydroxylation sites is 1. The van der Waals surface area contributed by atoms with E-state index in [-0.39, 0.29) is 5.39 Å². The number of carbonyl (C=O) groups excluding carboxylic acids is 1. The van der Waals surface area contributed by atoms with Crippen molar-refractivity contribution in [2.24, 2.45) is 0 Å². The molecule has 1 heterocycles. The van der Waals surface area contributed by atoms with E-state index in [1.54, 1.807) is 18.2 Å². The third-order valence-corrected chi connectivity index (χ3v) is 1.83. The van der Waals surface area contributed by atoms with Gasteiger partial charge in [-0.1, -0.05) is 12.1 Å². The Labute approximate surface area is 83.1 Å². The number of hydrogen-bond donors (Lipinski definition) is 2. The van der Waals surface area contributed by atoms with Crippen molar-refractivity contribution < 1.29 is 14.4 Å². The summed E-state index contributed by atoms with van der Waals surface area (Å²) in [5, 5.41) is 8.63. The zero-order valence-electron chi connectivity index (χ0n) is 7.43. The lowest BCUT2D eigenvalue weighted by molar-refractivity contribution is 0.0663. The van der Waals surface area contributed by atoms with Gasteiger partial charge in [-0.15, -0.1) is 0 Å². The Bertz CT molecular complexity index is 576. The van der Waals surface area contributed by atoms with Crippen LogP contribution in [-0.4, -0.2) is 16.1 Å². The first-order valence-corrected chi connectivity index (χ1v) is 4.06. The fraction of sp³-hybridized carbons (Fsp3) is 0. The van der Waals surface area contributed by atoms with Gasteiger partial charge in [0.15, 0.2) is 0 Å². The monoisotopic (exact) mass is 206 g/mol. The van der Waals surface area contributed by atoms with Gasteiger partial charge < -0.3 is 4.42 Å². The molecule has 0 saturated heterocycles. The molecule has 0 unspecified atom stereocenters. The van der Waals surface area contributed by atoms with Gasteiger partial charge in [-0.2, -0.15) is 0 Å². The summed E-state index contributed by atoms with van der Waals surface area (Å²) in [5.41, 5.74) is 1.01. The van der Waals surface area contributed by atoms with Crippen molar-refractivity contribution in [2.45, 2.75) is 0 Å². The molecule has 0 aliphatic rings. The molecule has 0 saturated carbocycles. The molecule has 1 aromatic carbocycles. The lowest BCUT2D eigenvalue weighted by Crippen LogP contribution is -2.22. The third kappa shape index (κ3) is 1.57. The first-order chi connectivity index (χ1) is 7.22. The second-order valence-corrected chi connectivity index (χ2v) is 2.76. The standard InChI is InChI=1S/C9H6N2O4/c12-7(11-14)8-10-6-4-2-1-3-5(6)9(13)15-8/h1-4,14H,(H,11,12). The highest BCUT2D eigenvalue weighted by molar-refractivity contribution is 5.90. The Morgan fingerprint density at radius 2 is 2.13 bits per heavy atom. The number of aromatic nitrogens is 1. The van der Waals surface area contributed by atoms with E-state index in [1.807, 2.05) is 0 Å². The molecule has 6 heteroatoms. The van der Waals surface area contributed by atoms with Crippen LogP contribution in [0.4, 0.5) is 0 Å². The molecule has 2 aromatic rings. The molecule has 0 bridgehead atoms. The molecule has 0 atom stereocenters. The summed E-state index contributed by atoms with van der Waals surface area (Å²) in [7, 11) is 0. The Morgan fingerprint density at radius 1 is 1.40 bits per heavy atom. The summed E-state index contributed by atoms with van der Waals surface area (Å²) in [5.74, 6) is -1.43. The summed E-state index contributed by atoms with van der Waals surface area (Å²) < 4.78 is 4.60. The van der Waals surface area contributed by atoms with Crippen molar-refractivity contribution in [1.29, 1.82) is 0 Å². The van der Waals surface area contributed by atoms with Crippen LogP contribution >= 0.6 is 0 Å². The van der Waals surface area contributed by atoms with Gasteiger partial charge in [0.2, 0.25) is 0 Å². The van der Waals surface area contributed by atoms with Gasteiger partial charge >= 0.3 is 11.5 Å². The van der Waals surface area contributed by atoms with Crippen LogP contribution in [0, 0.1) is 0 Å². The SMILES string of the molecule is O=C(NO)c1nc2ccccc2c(=O)o1. The fourth-order valence-corrected chi connectivity index (χ4v) is 1.16. The quantitative estimate of drug-likeness (QED) is 0.517. The molecule has 1 amide bonds. The van der Waals surface area contributed by atoms with Crippen LogP contribution in [0.5, 0.6) is 0 Å². The van der Waals surface area contributed by atoms with Crippen LogP contribution in [0.3, 0.4) is 0 Å². The topological polar surface area (TPSA) is 92.4 Å². The predicted molar refractivity (Wildman–Crippen MR) is 49.5 cm³/mol. The zero-order valence-corrected chi connectivity index (χ0v) is 7.43. The Kier molecular flexibility index (Phi) is 2.18. The van der Waals surface area contributed by atoms with Crippen LogP contribution < -0.4 is 11.1 Å². The molecule has 0 radical (unpaired) electrons. The molecule has 15 heavy (non-hydrogen) atoms. The lowest BCUT2D eigenvalue weighted by atomic mass is 10.2. The molecule has 76 valence electrons. The van der Waals surface area contributed by atoms with Crippen LogP contribution in [-0.2, 0) is 0 Å². The van der Waals surface area contributed by atoms with Gasteiger partial charge in [-0.25, -0.2) is 15.3 Å². The van der Waals surface area contributed by atoms with E-state index in [4.69, 9.17) is 5.21 Å². The Hall–Kier alpha value is -2.21. The lowest BCUT2D eigenvalue weighted by Gasteiger charge is -1.98. The van der Waals surface area contributed by atoms with Crippen LogP contribution in [0.1, 0.15) is 10.7 Å². The number of hydrogen-bond acceptors (Lipinski definition) is 5. The molecule has 0 fully saturated rings. The largest absolute Gasteiger partial charge is 0.398 e. The number of benzene rings is 1. The Balaban J connectivity index is 2.73. The zero-order chi connectivity index (χ0) is 10.8. The number of hydroxylamine groups is 1. The third-order valence-electron chi connectivity index (χ3n) is 1.83. The average molecular weight is 206 g/mol. The van der Waals surface area contributed by atoms with E-state index in [0.29, 0.717) is 5.52 Å². The van der Waals surface area contributed by atoms with E-state index in [9.17, 15) is 9.59 Å². The van der Waals surface area contributed by atoms with Gasteiger partial charge in [-0.05, 0) is 12.1 Å². The summed E-state index contributed by atoms with van der Waals surface area (Å²) in [4.78, 5) is 26.1. The number of rotatable bonds is 1. The molecule has 6 nitrogen and oxygen atoms in total. The van der Waals surface area contributed by atoms with Gasteiger partial charge in [0.25, 0.3) is 5.89 Å². The van der Waals surface area contributed by atoms with E-state index < -0.39 is 17.4 Å². The van der Waals surface area contributed by atoms with Crippen molar-refractivity contribution in [3.05, 3.63) is 40.6 Å². The second kappa shape index (κ2) is 3.50. The normalized spacial score (nSPS) is 10.2. The highest BCUT2D eigenvalue weighted by Gasteiger charge is 2.12. The number of fused-ring (bicyclic) bond motifs is 1. The van der Waals surface area contributed by atoms with Crippen molar-refractivity contribution >= 4 is 16.8 Å². The van der Waals surface area contributed by atoms with Crippen molar-refractivity contribution in [2.75, 3.05) is 0 Å². The minimum absolute atomic E-state index is 0.284. The first kappa shape index (κ1) is 9.35. The average Bonchev–Trinajstić information content (AvgIpc) is 2.28. The molecule has 0 aliphatic carbocycles. The van der Waals surface area contributed by atoms with Crippen molar-refractivity contribution in [3.8, 4) is 0 Å². The summed E-state index contributed by atoms with van der Waals surface area (Å²) in [6.45, 7) is 0. The minimum Gasteiger partial charge on any atom is -0.398 e. The van der Waals surface area contributed by atoms with Crippen molar-refractivity contribution in [1.82, 2.24) is 10.5 Å². The van der Waals surface area contributed by atoms with Gasteiger partial charge in [0.1, 0.15) is 0 Å². The van der Waals surface area contributed by atoms with E-state index in [2.05, 4.69) is 9.40 Å². The molecular weight excluding hydrogens is 200 g/mol. The maximum atomic E-state index is 11.4. The van der Waals surface area contributed by atoms with E-state index >= 15 is 0 Å². The smallest absolute Gasteiger partial charge is 0.347 e. The molecule has 0 spiro atoms. The number of carbonyl (C=O) groups is 1. The highest BCUT2D eigenvalue weighted by Crippen LogP contribution is 2.06. The van der Waals surface area contributed by atoms with Crippen molar-refractivity contribution in [3.63, 3.8) is 0 Å². The molecular formula is C9H6N2O4. The molecule has 0 aliphatic heterocycles. The van der Waals surface area contributed by atoms with Gasteiger partial charge in [-0.3, -0.25) is 10.0 Å². The molecule has 1 aromatic heterocycles. The maximum absolute atomic E-state index is 11.4. The summed E-state index contributed by atoms with van der Waals surface area (Å²) in [6.07, 6.45) is 0. The van der Waals surface area contributed by atoms with Gasteiger partial charge in [0.05, 0.1) is 10.9 Å². The number of nitrogens with zero attached hydrogens (tertiary/aromatic N) is 1. The van der Waals surface area contributed by atoms with E-state index in [1.165, 1.54) is 11.5 Å². The van der Waals surface area contributed by atoms with Crippen LogP contribution in [0.2, 0.25) is 0 Å². The Morgan fingerprint density at radius 3 is 2.87 bits per heavy atom. The second-order valence-electron chi connectivity index (χ2n) is 2.76. The fourth-order valence-electron chi connectivity index (χ4n) is 1.16. The highest BCUT2D eigenvalue weighted by atomic mass is 16.5. The number of amides is 1. The minimum atomic E-state index is -0.960. The van der Waals surface area contributed by atoms with Crippen LogP contribution in [0.15, 0.2) is 33.5 Å².